The summed E-state index contributed by atoms with van der Waals surface area (Å²) in [4.78, 5) is 11.2. The Kier molecular flexibility index (Phi) is 2.26. The largest absolute Gasteiger partial charge is 0.508 e. The van der Waals surface area contributed by atoms with Crippen LogP contribution in [0.3, 0.4) is 0 Å². The van der Waals surface area contributed by atoms with Crippen LogP contribution in [-0.2, 0) is 5.54 Å². The number of phenols is 1. The number of carbonyl (C=O) groups excluding carboxylic acids is 1. The first-order chi connectivity index (χ1) is 7.10. The molecule has 1 saturated heterocycles. The molecule has 15 heavy (non-hydrogen) atoms. The summed E-state index contributed by atoms with van der Waals surface area (Å²) in [6.45, 7) is 2.65. The summed E-state index contributed by atoms with van der Waals surface area (Å²) in [6.07, 6.45) is 0.837. The Morgan fingerprint density at radius 3 is 2.60 bits per heavy atom. The molecule has 1 heterocycles. The van der Waals surface area contributed by atoms with Gasteiger partial charge in [0.2, 0.25) is 0 Å². The van der Waals surface area contributed by atoms with Gasteiger partial charge in [-0.2, -0.15) is 0 Å². The van der Waals surface area contributed by atoms with Crippen LogP contribution < -0.4 is 10.6 Å². The van der Waals surface area contributed by atoms with E-state index >= 15 is 0 Å². The van der Waals surface area contributed by atoms with Crippen LogP contribution in [0.4, 0.5) is 4.79 Å². The zero-order valence-electron chi connectivity index (χ0n) is 8.58. The molecule has 2 rings (SSSR count). The molecule has 4 heteroatoms. The number of hydrogen-bond donors (Lipinski definition) is 3. The van der Waals surface area contributed by atoms with Crippen molar-refractivity contribution in [2.45, 2.75) is 18.9 Å². The molecule has 0 bridgehead atoms. The van der Waals surface area contributed by atoms with E-state index in [9.17, 15) is 9.90 Å². The molecule has 1 aliphatic rings. The van der Waals surface area contributed by atoms with Crippen molar-refractivity contribution in [1.82, 2.24) is 10.6 Å². The number of rotatable bonds is 1. The molecule has 2 amide bonds. The molecule has 4 nitrogen and oxygen atoms in total. The number of urea groups is 1. The lowest BCUT2D eigenvalue weighted by atomic mass is 9.87. The fourth-order valence-corrected chi connectivity index (χ4v) is 1.83. The number of aromatic hydroxyl groups is 1. The van der Waals surface area contributed by atoms with E-state index in [1.165, 1.54) is 0 Å². The molecule has 1 atom stereocenters. The Morgan fingerprint density at radius 1 is 1.33 bits per heavy atom. The molecule has 1 aliphatic heterocycles. The van der Waals surface area contributed by atoms with Crippen LogP contribution in [0, 0.1) is 0 Å². The standard InChI is InChI=1S/C11H14N2O2/c1-11(6-7-12-10(15)13-11)8-2-4-9(14)5-3-8/h2-5,14H,6-7H2,1H3,(H2,12,13,15). The van der Waals surface area contributed by atoms with Crippen molar-refractivity contribution in [1.29, 1.82) is 0 Å². The maximum absolute atomic E-state index is 11.2. The van der Waals surface area contributed by atoms with Gasteiger partial charge in [-0.1, -0.05) is 12.1 Å². The highest BCUT2D eigenvalue weighted by molar-refractivity contribution is 5.76. The Bertz CT molecular complexity index is 375. The lowest BCUT2D eigenvalue weighted by Gasteiger charge is -2.35. The molecule has 0 aromatic heterocycles. The zero-order valence-corrected chi connectivity index (χ0v) is 8.58. The molecular formula is C11H14N2O2. The minimum Gasteiger partial charge on any atom is -0.508 e. The third-order valence-corrected chi connectivity index (χ3v) is 2.80. The average molecular weight is 206 g/mol. The van der Waals surface area contributed by atoms with Crippen molar-refractivity contribution in [3.05, 3.63) is 29.8 Å². The van der Waals surface area contributed by atoms with Crippen LogP contribution in [0.5, 0.6) is 5.75 Å². The highest BCUT2D eigenvalue weighted by Crippen LogP contribution is 2.27. The van der Waals surface area contributed by atoms with E-state index in [1.54, 1.807) is 12.1 Å². The average Bonchev–Trinajstić information content (AvgIpc) is 2.18. The summed E-state index contributed by atoms with van der Waals surface area (Å²) in [7, 11) is 0. The smallest absolute Gasteiger partial charge is 0.315 e. The van der Waals surface area contributed by atoms with Gasteiger partial charge in [-0.05, 0) is 31.0 Å². The summed E-state index contributed by atoms with van der Waals surface area (Å²) in [5.41, 5.74) is 0.672. The number of benzene rings is 1. The van der Waals surface area contributed by atoms with Crippen molar-refractivity contribution in [3.8, 4) is 5.75 Å². The summed E-state index contributed by atoms with van der Waals surface area (Å²) in [5.74, 6) is 0.239. The number of hydrogen-bond acceptors (Lipinski definition) is 2. The van der Waals surface area contributed by atoms with Crippen molar-refractivity contribution in [2.75, 3.05) is 6.54 Å². The first kappa shape index (κ1) is 9.83. The number of amides is 2. The zero-order chi connectivity index (χ0) is 10.9. The number of phenolic OH excluding ortho intramolecular Hbond substituents is 1. The van der Waals surface area contributed by atoms with Gasteiger partial charge in [-0.25, -0.2) is 4.79 Å². The van der Waals surface area contributed by atoms with E-state index in [1.807, 2.05) is 19.1 Å². The second-order valence-corrected chi connectivity index (χ2v) is 4.01. The van der Waals surface area contributed by atoms with Gasteiger partial charge in [0.25, 0.3) is 0 Å². The van der Waals surface area contributed by atoms with Crippen LogP contribution >= 0.6 is 0 Å². The quantitative estimate of drug-likeness (QED) is 0.648. The van der Waals surface area contributed by atoms with Crippen molar-refractivity contribution in [3.63, 3.8) is 0 Å². The number of nitrogens with one attached hydrogen (secondary N) is 2. The van der Waals surface area contributed by atoms with E-state index in [0.29, 0.717) is 6.54 Å². The first-order valence-electron chi connectivity index (χ1n) is 4.96. The minimum atomic E-state index is -0.337. The molecule has 0 aliphatic carbocycles. The topological polar surface area (TPSA) is 61.4 Å². The van der Waals surface area contributed by atoms with Gasteiger partial charge in [0.15, 0.2) is 0 Å². The minimum absolute atomic E-state index is 0.142. The molecule has 1 aromatic rings. The van der Waals surface area contributed by atoms with Crippen molar-refractivity contribution < 1.29 is 9.90 Å². The van der Waals surface area contributed by atoms with Crippen LogP contribution in [0.15, 0.2) is 24.3 Å². The molecule has 1 unspecified atom stereocenters. The Morgan fingerprint density at radius 2 is 2.00 bits per heavy atom. The SMILES string of the molecule is CC1(c2ccc(O)cc2)CCNC(=O)N1. The highest BCUT2D eigenvalue weighted by Gasteiger charge is 2.31. The van der Waals surface area contributed by atoms with Crippen LogP contribution in [-0.4, -0.2) is 17.7 Å². The van der Waals surface area contributed by atoms with Crippen molar-refractivity contribution in [2.24, 2.45) is 0 Å². The Hall–Kier alpha value is -1.71. The normalized spacial score (nSPS) is 25.5. The van der Waals surface area contributed by atoms with Gasteiger partial charge in [-0.15, -0.1) is 0 Å². The lowest BCUT2D eigenvalue weighted by Crippen LogP contribution is -2.54. The molecular weight excluding hydrogens is 192 g/mol. The second kappa shape index (κ2) is 3.46. The predicted molar refractivity (Wildman–Crippen MR) is 56.6 cm³/mol. The van der Waals surface area contributed by atoms with Crippen LogP contribution in [0.2, 0.25) is 0 Å². The second-order valence-electron chi connectivity index (χ2n) is 4.01. The monoisotopic (exact) mass is 206 g/mol. The first-order valence-corrected chi connectivity index (χ1v) is 4.96. The molecule has 0 saturated carbocycles. The maximum Gasteiger partial charge on any atom is 0.315 e. The third-order valence-electron chi connectivity index (χ3n) is 2.80. The number of carbonyl (C=O) groups is 1. The fourth-order valence-electron chi connectivity index (χ4n) is 1.83. The molecule has 3 N–H and O–H groups in total. The maximum atomic E-state index is 11.2. The van der Waals surface area contributed by atoms with Gasteiger partial charge >= 0.3 is 6.03 Å². The van der Waals surface area contributed by atoms with Gasteiger partial charge < -0.3 is 15.7 Å². The van der Waals surface area contributed by atoms with E-state index in [4.69, 9.17) is 0 Å². The van der Waals surface area contributed by atoms with E-state index < -0.39 is 0 Å². The third kappa shape index (κ3) is 1.88. The van der Waals surface area contributed by atoms with E-state index in [0.717, 1.165) is 12.0 Å². The molecule has 80 valence electrons. The molecule has 1 fully saturated rings. The lowest BCUT2D eigenvalue weighted by molar-refractivity contribution is 0.211. The molecule has 1 aromatic carbocycles. The Balaban J connectivity index is 2.28. The van der Waals surface area contributed by atoms with Gasteiger partial charge in [0.05, 0.1) is 5.54 Å². The molecule has 0 spiro atoms. The summed E-state index contributed by atoms with van der Waals surface area (Å²) >= 11 is 0. The van der Waals surface area contributed by atoms with Gasteiger partial charge in [-0.3, -0.25) is 0 Å². The highest BCUT2D eigenvalue weighted by atomic mass is 16.3. The van der Waals surface area contributed by atoms with Gasteiger partial charge in [0, 0.05) is 6.54 Å². The fraction of sp³-hybridized carbons (Fsp3) is 0.364. The molecule has 0 radical (unpaired) electrons. The van der Waals surface area contributed by atoms with E-state index in [-0.39, 0.29) is 17.3 Å². The predicted octanol–water partition coefficient (Wildman–Crippen LogP) is 1.31. The summed E-state index contributed by atoms with van der Waals surface area (Å²) in [5, 5.41) is 14.8. The van der Waals surface area contributed by atoms with Gasteiger partial charge in [0.1, 0.15) is 5.75 Å². The summed E-state index contributed by atoms with van der Waals surface area (Å²) in [6, 6.07) is 6.79. The van der Waals surface area contributed by atoms with E-state index in [2.05, 4.69) is 10.6 Å². The summed E-state index contributed by atoms with van der Waals surface area (Å²) < 4.78 is 0. The van der Waals surface area contributed by atoms with Crippen molar-refractivity contribution >= 4 is 6.03 Å². The Labute approximate surface area is 88.3 Å². The van der Waals surface area contributed by atoms with Crippen LogP contribution in [0.1, 0.15) is 18.9 Å². The van der Waals surface area contributed by atoms with Crippen LogP contribution in [0.25, 0.3) is 0 Å².